The number of nitrogens with zero attached hydrogens (tertiary/aromatic N) is 3. The molecule has 2 amide bonds. The lowest BCUT2D eigenvalue weighted by molar-refractivity contribution is 0.194. The highest BCUT2D eigenvalue weighted by atomic mass is 32.2. The van der Waals surface area contributed by atoms with Gasteiger partial charge in [0.1, 0.15) is 0 Å². The van der Waals surface area contributed by atoms with Crippen LogP contribution in [0.5, 0.6) is 0 Å². The molecule has 1 fully saturated rings. The Morgan fingerprint density at radius 3 is 2.57 bits per heavy atom. The molecule has 1 atom stereocenters. The highest BCUT2D eigenvalue weighted by Crippen LogP contribution is 2.25. The van der Waals surface area contributed by atoms with E-state index in [1.807, 2.05) is 11.8 Å². The molecule has 1 N–H and O–H groups in total. The molecule has 2 rings (SSSR count). The van der Waals surface area contributed by atoms with Crippen LogP contribution in [-0.4, -0.2) is 60.1 Å². The van der Waals surface area contributed by atoms with Crippen LogP contribution in [0.25, 0.3) is 0 Å². The SMILES string of the molecule is CSC(C)CNC(=O)N1CCN(c2nc(C)c(C)s2)CC1. The highest BCUT2D eigenvalue weighted by Gasteiger charge is 2.23. The molecule has 5 nitrogen and oxygen atoms in total. The van der Waals surface area contributed by atoms with Gasteiger partial charge in [-0.1, -0.05) is 6.92 Å². The van der Waals surface area contributed by atoms with Gasteiger partial charge in [-0.2, -0.15) is 11.8 Å². The third-order valence-corrected chi connectivity index (χ3v) is 5.90. The summed E-state index contributed by atoms with van der Waals surface area (Å²) >= 11 is 3.51. The van der Waals surface area contributed by atoms with E-state index in [0.29, 0.717) is 5.25 Å². The quantitative estimate of drug-likeness (QED) is 0.922. The molecular weight excluding hydrogens is 304 g/mol. The minimum Gasteiger partial charge on any atom is -0.345 e. The Morgan fingerprint density at radius 2 is 2.05 bits per heavy atom. The summed E-state index contributed by atoms with van der Waals surface area (Å²) in [5, 5.41) is 4.54. The van der Waals surface area contributed by atoms with Crippen LogP contribution in [0, 0.1) is 13.8 Å². The Hall–Kier alpha value is -0.950. The largest absolute Gasteiger partial charge is 0.345 e. The molecule has 21 heavy (non-hydrogen) atoms. The number of thiazole rings is 1. The molecule has 2 heterocycles. The van der Waals surface area contributed by atoms with Crippen molar-refractivity contribution in [3.63, 3.8) is 0 Å². The predicted molar refractivity (Wildman–Crippen MR) is 91.7 cm³/mol. The summed E-state index contributed by atoms with van der Waals surface area (Å²) in [5.74, 6) is 0. The summed E-state index contributed by atoms with van der Waals surface area (Å²) in [6.45, 7) is 10.2. The average molecular weight is 329 g/mol. The van der Waals surface area contributed by atoms with Gasteiger partial charge >= 0.3 is 6.03 Å². The number of piperazine rings is 1. The Bertz CT molecular complexity index is 464. The number of aryl methyl sites for hydroxylation is 2. The number of rotatable bonds is 4. The van der Waals surface area contributed by atoms with Crippen LogP contribution in [0.2, 0.25) is 0 Å². The van der Waals surface area contributed by atoms with Crippen LogP contribution in [0.15, 0.2) is 0 Å². The van der Waals surface area contributed by atoms with E-state index in [-0.39, 0.29) is 6.03 Å². The molecule has 1 saturated heterocycles. The second-order valence-electron chi connectivity index (χ2n) is 5.34. The van der Waals surface area contributed by atoms with Gasteiger partial charge in [-0.25, -0.2) is 9.78 Å². The smallest absolute Gasteiger partial charge is 0.317 e. The predicted octanol–water partition coefficient (Wildman–Crippen LogP) is 2.34. The van der Waals surface area contributed by atoms with Crippen LogP contribution in [0.1, 0.15) is 17.5 Å². The highest BCUT2D eigenvalue weighted by molar-refractivity contribution is 7.99. The topological polar surface area (TPSA) is 48.5 Å². The van der Waals surface area contributed by atoms with Crippen molar-refractivity contribution in [2.24, 2.45) is 0 Å². The lowest BCUT2D eigenvalue weighted by Gasteiger charge is -2.34. The fourth-order valence-electron chi connectivity index (χ4n) is 2.12. The van der Waals surface area contributed by atoms with Crippen molar-refractivity contribution in [3.05, 3.63) is 10.6 Å². The lowest BCUT2D eigenvalue weighted by atomic mass is 10.3. The van der Waals surface area contributed by atoms with Crippen LogP contribution < -0.4 is 10.2 Å². The van der Waals surface area contributed by atoms with Crippen molar-refractivity contribution >= 4 is 34.3 Å². The van der Waals surface area contributed by atoms with E-state index in [0.717, 1.165) is 43.5 Å². The summed E-state index contributed by atoms with van der Waals surface area (Å²) in [6, 6.07) is 0.0575. The molecule has 1 aromatic rings. The summed E-state index contributed by atoms with van der Waals surface area (Å²) in [4.78, 5) is 22.1. The van der Waals surface area contributed by atoms with Crippen molar-refractivity contribution in [3.8, 4) is 0 Å². The maximum Gasteiger partial charge on any atom is 0.317 e. The number of hydrogen-bond acceptors (Lipinski definition) is 5. The number of amides is 2. The summed E-state index contributed by atoms with van der Waals surface area (Å²) in [5.41, 5.74) is 1.11. The number of aromatic nitrogens is 1. The van der Waals surface area contributed by atoms with E-state index in [9.17, 15) is 4.79 Å². The van der Waals surface area contributed by atoms with Crippen molar-refractivity contribution in [1.82, 2.24) is 15.2 Å². The first kappa shape index (κ1) is 16.4. The van der Waals surface area contributed by atoms with Gasteiger partial charge in [-0.05, 0) is 20.1 Å². The molecule has 1 aliphatic heterocycles. The number of hydrogen-bond donors (Lipinski definition) is 1. The Labute approximate surface area is 135 Å². The van der Waals surface area contributed by atoms with E-state index in [1.54, 1.807) is 23.1 Å². The van der Waals surface area contributed by atoms with Crippen molar-refractivity contribution in [1.29, 1.82) is 0 Å². The molecule has 0 spiro atoms. The average Bonchev–Trinajstić information content (AvgIpc) is 2.84. The number of urea groups is 1. The normalized spacial score (nSPS) is 17.0. The standard InChI is InChI=1S/C14H24N4OS2/c1-10(20-4)9-15-13(19)17-5-7-18(8-6-17)14-16-11(2)12(3)21-14/h10H,5-9H2,1-4H3,(H,15,19). The molecule has 0 bridgehead atoms. The summed E-state index contributed by atoms with van der Waals surface area (Å²) in [6.07, 6.45) is 2.06. The fourth-order valence-corrected chi connectivity index (χ4v) is 3.33. The number of anilines is 1. The van der Waals surface area contributed by atoms with Crippen molar-refractivity contribution in [2.45, 2.75) is 26.0 Å². The van der Waals surface area contributed by atoms with Crippen LogP contribution >= 0.6 is 23.1 Å². The van der Waals surface area contributed by atoms with Gasteiger partial charge in [0.25, 0.3) is 0 Å². The van der Waals surface area contributed by atoms with Crippen LogP contribution in [-0.2, 0) is 0 Å². The monoisotopic (exact) mass is 328 g/mol. The van der Waals surface area contributed by atoms with Gasteiger partial charge < -0.3 is 15.1 Å². The zero-order chi connectivity index (χ0) is 15.4. The number of carbonyl (C=O) groups excluding carboxylic acids is 1. The van der Waals surface area contributed by atoms with Crippen molar-refractivity contribution < 1.29 is 4.79 Å². The van der Waals surface area contributed by atoms with Gasteiger partial charge in [0, 0.05) is 42.9 Å². The Morgan fingerprint density at radius 1 is 1.38 bits per heavy atom. The molecule has 1 aliphatic rings. The van der Waals surface area contributed by atoms with E-state index in [4.69, 9.17) is 0 Å². The molecule has 0 saturated carbocycles. The maximum atomic E-state index is 12.1. The molecular formula is C14H24N4OS2. The number of carbonyl (C=O) groups is 1. The van der Waals surface area contributed by atoms with E-state index >= 15 is 0 Å². The number of thioether (sulfide) groups is 1. The first-order chi connectivity index (χ1) is 10.0. The van der Waals surface area contributed by atoms with E-state index in [2.05, 4.69) is 35.3 Å². The molecule has 0 radical (unpaired) electrons. The van der Waals surface area contributed by atoms with Crippen LogP contribution in [0.4, 0.5) is 9.93 Å². The zero-order valence-electron chi connectivity index (χ0n) is 13.2. The summed E-state index contributed by atoms with van der Waals surface area (Å²) < 4.78 is 0. The minimum absolute atomic E-state index is 0.0575. The van der Waals surface area contributed by atoms with E-state index < -0.39 is 0 Å². The lowest BCUT2D eigenvalue weighted by Crippen LogP contribution is -2.52. The molecule has 1 aromatic heterocycles. The third kappa shape index (κ3) is 4.26. The van der Waals surface area contributed by atoms with Gasteiger partial charge in [-0.15, -0.1) is 11.3 Å². The molecule has 0 aliphatic carbocycles. The Kier molecular flexibility index (Phi) is 5.75. The summed E-state index contributed by atoms with van der Waals surface area (Å²) in [7, 11) is 0. The zero-order valence-corrected chi connectivity index (χ0v) is 14.8. The maximum absolute atomic E-state index is 12.1. The fraction of sp³-hybridized carbons (Fsp3) is 0.714. The van der Waals surface area contributed by atoms with E-state index in [1.165, 1.54) is 4.88 Å². The molecule has 0 aromatic carbocycles. The van der Waals surface area contributed by atoms with Crippen LogP contribution in [0.3, 0.4) is 0 Å². The second kappa shape index (κ2) is 7.35. The first-order valence-corrected chi connectivity index (χ1v) is 9.36. The molecule has 1 unspecified atom stereocenters. The van der Waals surface area contributed by atoms with Gasteiger partial charge in [0.15, 0.2) is 5.13 Å². The first-order valence-electron chi connectivity index (χ1n) is 7.25. The minimum atomic E-state index is 0.0575. The molecule has 118 valence electrons. The van der Waals surface area contributed by atoms with Gasteiger partial charge in [-0.3, -0.25) is 0 Å². The Balaban J connectivity index is 1.81. The van der Waals surface area contributed by atoms with Gasteiger partial charge in [0.05, 0.1) is 5.69 Å². The molecule has 7 heteroatoms. The second-order valence-corrected chi connectivity index (χ2v) is 7.80. The van der Waals surface area contributed by atoms with Crippen molar-refractivity contribution in [2.75, 3.05) is 43.9 Å². The van der Waals surface area contributed by atoms with Gasteiger partial charge in [0.2, 0.25) is 0 Å². The number of nitrogens with one attached hydrogen (secondary N) is 1. The third-order valence-electron chi connectivity index (χ3n) is 3.80.